The van der Waals surface area contributed by atoms with Gasteiger partial charge in [-0.15, -0.1) is 5.10 Å². The molecule has 0 N–H and O–H groups in total. The second kappa shape index (κ2) is 6.15. The second-order valence-electron chi connectivity index (χ2n) is 5.19. The first kappa shape index (κ1) is 14.5. The molecule has 0 bridgehead atoms. The molecule has 2 heterocycles. The van der Waals surface area contributed by atoms with E-state index in [1.165, 1.54) is 0 Å². The van der Waals surface area contributed by atoms with Gasteiger partial charge in [0.25, 0.3) is 0 Å². The van der Waals surface area contributed by atoms with Crippen LogP contribution in [0.15, 0.2) is 33.5 Å². The van der Waals surface area contributed by atoms with Crippen molar-refractivity contribution >= 4 is 5.91 Å². The van der Waals surface area contributed by atoms with Crippen molar-refractivity contribution < 1.29 is 13.9 Å². The molecular formula is C15H17N3O4. The Morgan fingerprint density at radius 1 is 1.32 bits per heavy atom. The molecule has 0 spiro atoms. The van der Waals surface area contributed by atoms with E-state index in [2.05, 4.69) is 5.10 Å². The SMILES string of the molecule is Cc1cccc(-c2nn(CC(=O)N3CCOCC3)c(=O)o2)c1. The van der Waals surface area contributed by atoms with E-state index < -0.39 is 5.76 Å². The fraction of sp³-hybridized carbons (Fsp3) is 0.400. The summed E-state index contributed by atoms with van der Waals surface area (Å²) in [4.78, 5) is 25.7. The molecule has 7 nitrogen and oxygen atoms in total. The van der Waals surface area contributed by atoms with Crippen molar-refractivity contribution in [3.8, 4) is 11.5 Å². The van der Waals surface area contributed by atoms with Gasteiger partial charge in [0.15, 0.2) is 0 Å². The minimum atomic E-state index is -0.627. The van der Waals surface area contributed by atoms with Crippen molar-refractivity contribution in [3.05, 3.63) is 40.4 Å². The van der Waals surface area contributed by atoms with Crippen molar-refractivity contribution in [3.63, 3.8) is 0 Å². The zero-order valence-electron chi connectivity index (χ0n) is 12.3. The quantitative estimate of drug-likeness (QED) is 0.833. The molecule has 0 aliphatic carbocycles. The number of hydrogen-bond acceptors (Lipinski definition) is 5. The first-order valence-corrected chi connectivity index (χ1v) is 7.14. The average molecular weight is 303 g/mol. The van der Waals surface area contributed by atoms with Crippen molar-refractivity contribution in [1.29, 1.82) is 0 Å². The number of amides is 1. The molecule has 1 aliphatic rings. The fourth-order valence-electron chi connectivity index (χ4n) is 2.34. The van der Waals surface area contributed by atoms with Gasteiger partial charge in [-0.2, -0.15) is 4.68 Å². The number of nitrogens with zero attached hydrogens (tertiary/aromatic N) is 3. The van der Waals surface area contributed by atoms with Gasteiger partial charge in [0.1, 0.15) is 6.54 Å². The Labute approximate surface area is 127 Å². The monoisotopic (exact) mass is 303 g/mol. The van der Waals surface area contributed by atoms with Crippen molar-refractivity contribution in [2.24, 2.45) is 0 Å². The van der Waals surface area contributed by atoms with Gasteiger partial charge in [-0.3, -0.25) is 4.79 Å². The number of benzene rings is 1. The van der Waals surface area contributed by atoms with E-state index >= 15 is 0 Å². The van der Waals surface area contributed by atoms with Crippen LogP contribution in [0.5, 0.6) is 0 Å². The summed E-state index contributed by atoms with van der Waals surface area (Å²) >= 11 is 0. The summed E-state index contributed by atoms with van der Waals surface area (Å²) < 4.78 is 11.4. The average Bonchev–Trinajstić information content (AvgIpc) is 2.89. The third kappa shape index (κ3) is 3.09. The Balaban J connectivity index is 1.78. The number of morpholine rings is 1. The van der Waals surface area contributed by atoms with Gasteiger partial charge in [-0.1, -0.05) is 17.7 Å². The maximum Gasteiger partial charge on any atom is 0.437 e. The van der Waals surface area contributed by atoms with Gasteiger partial charge in [0.2, 0.25) is 11.8 Å². The van der Waals surface area contributed by atoms with Crippen LogP contribution in [-0.4, -0.2) is 46.9 Å². The van der Waals surface area contributed by atoms with Crippen LogP contribution < -0.4 is 5.76 Å². The predicted molar refractivity (Wildman–Crippen MR) is 78.3 cm³/mol. The second-order valence-corrected chi connectivity index (χ2v) is 5.19. The summed E-state index contributed by atoms with van der Waals surface area (Å²) in [5.41, 5.74) is 1.76. The standard InChI is InChI=1S/C15H17N3O4/c1-11-3-2-4-12(9-11)14-16-18(15(20)22-14)10-13(19)17-5-7-21-8-6-17/h2-4,9H,5-8,10H2,1H3. The van der Waals surface area contributed by atoms with Gasteiger partial charge in [0.05, 0.1) is 13.2 Å². The molecule has 1 amide bonds. The molecule has 0 unspecified atom stereocenters. The van der Waals surface area contributed by atoms with E-state index in [1.807, 2.05) is 31.2 Å². The van der Waals surface area contributed by atoms with E-state index in [9.17, 15) is 9.59 Å². The number of carbonyl (C=O) groups is 1. The Kier molecular flexibility index (Phi) is 4.06. The van der Waals surface area contributed by atoms with Gasteiger partial charge in [0, 0.05) is 18.7 Å². The topological polar surface area (TPSA) is 77.6 Å². The molecule has 0 atom stereocenters. The highest BCUT2D eigenvalue weighted by Crippen LogP contribution is 2.16. The maximum atomic E-state index is 12.1. The Hall–Kier alpha value is -2.41. The van der Waals surface area contributed by atoms with Crippen LogP contribution in [0.1, 0.15) is 5.56 Å². The summed E-state index contributed by atoms with van der Waals surface area (Å²) in [6.07, 6.45) is 0. The van der Waals surface area contributed by atoms with Crippen LogP contribution in [0.2, 0.25) is 0 Å². The van der Waals surface area contributed by atoms with Crippen molar-refractivity contribution in [2.75, 3.05) is 26.3 Å². The molecule has 1 aromatic carbocycles. The summed E-state index contributed by atoms with van der Waals surface area (Å²) in [7, 11) is 0. The normalized spacial score (nSPS) is 15.0. The minimum Gasteiger partial charge on any atom is -0.388 e. The third-order valence-electron chi connectivity index (χ3n) is 3.52. The number of ether oxygens (including phenoxy) is 1. The molecule has 1 aromatic heterocycles. The van der Waals surface area contributed by atoms with E-state index in [-0.39, 0.29) is 18.3 Å². The number of hydrogen-bond donors (Lipinski definition) is 0. The summed E-state index contributed by atoms with van der Waals surface area (Å²) in [5.74, 6) is -0.559. The number of aromatic nitrogens is 2. The van der Waals surface area contributed by atoms with Crippen molar-refractivity contribution in [1.82, 2.24) is 14.7 Å². The van der Waals surface area contributed by atoms with E-state index in [0.29, 0.717) is 26.3 Å². The highest BCUT2D eigenvalue weighted by atomic mass is 16.5. The van der Waals surface area contributed by atoms with Crippen molar-refractivity contribution in [2.45, 2.75) is 13.5 Å². The van der Waals surface area contributed by atoms with E-state index in [1.54, 1.807) is 4.90 Å². The summed E-state index contributed by atoms with van der Waals surface area (Å²) in [5, 5.41) is 4.11. The Morgan fingerprint density at radius 3 is 2.82 bits per heavy atom. The van der Waals surface area contributed by atoms with Crippen LogP contribution in [0.4, 0.5) is 0 Å². The molecule has 7 heteroatoms. The lowest BCUT2D eigenvalue weighted by atomic mass is 10.1. The zero-order valence-corrected chi connectivity index (χ0v) is 12.3. The maximum absolute atomic E-state index is 12.1. The molecule has 3 rings (SSSR count). The molecule has 22 heavy (non-hydrogen) atoms. The van der Waals surface area contributed by atoms with Crippen LogP contribution in [-0.2, 0) is 16.1 Å². The smallest absolute Gasteiger partial charge is 0.388 e. The van der Waals surface area contributed by atoms with Gasteiger partial charge in [-0.05, 0) is 19.1 Å². The first-order chi connectivity index (χ1) is 10.6. The fourth-order valence-corrected chi connectivity index (χ4v) is 2.34. The lowest BCUT2D eigenvalue weighted by Crippen LogP contribution is -2.43. The number of carbonyl (C=O) groups excluding carboxylic acids is 1. The number of aryl methyl sites for hydroxylation is 1. The lowest BCUT2D eigenvalue weighted by molar-refractivity contribution is -0.136. The van der Waals surface area contributed by atoms with Gasteiger partial charge < -0.3 is 14.1 Å². The Morgan fingerprint density at radius 2 is 2.09 bits per heavy atom. The largest absolute Gasteiger partial charge is 0.437 e. The van der Waals surface area contributed by atoms with Crippen LogP contribution in [0.3, 0.4) is 0 Å². The lowest BCUT2D eigenvalue weighted by Gasteiger charge is -2.26. The molecule has 0 radical (unpaired) electrons. The van der Waals surface area contributed by atoms with E-state index in [4.69, 9.17) is 9.15 Å². The van der Waals surface area contributed by atoms with Crippen LogP contribution in [0.25, 0.3) is 11.5 Å². The molecule has 2 aromatic rings. The highest BCUT2D eigenvalue weighted by molar-refractivity contribution is 5.76. The molecule has 1 fully saturated rings. The summed E-state index contributed by atoms with van der Waals surface area (Å²) in [6.45, 7) is 3.95. The third-order valence-corrected chi connectivity index (χ3v) is 3.52. The molecule has 1 aliphatic heterocycles. The van der Waals surface area contributed by atoms with Crippen LogP contribution >= 0.6 is 0 Å². The first-order valence-electron chi connectivity index (χ1n) is 7.14. The number of rotatable bonds is 3. The zero-order chi connectivity index (χ0) is 15.5. The summed E-state index contributed by atoms with van der Waals surface area (Å²) in [6, 6.07) is 7.49. The molecular weight excluding hydrogens is 286 g/mol. The van der Waals surface area contributed by atoms with E-state index in [0.717, 1.165) is 15.8 Å². The van der Waals surface area contributed by atoms with Crippen LogP contribution in [0, 0.1) is 6.92 Å². The molecule has 1 saturated heterocycles. The highest BCUT2D eigenvalue weighted by Gasteiger charge is 2.20. The predicted octanol–water partition coefficient (Wildman–Crippen LogP) is 0.671. The van der Waals surface area contributed by atoms with Gasteiger partial charge in [-0.25, -0.2) is 4.79 Å². The van der Waals surface area contributed by atoms with Gasteiger partial charge >= 0.3 is 5.76 Å². The minimum absolute atomic E-state index is 0.117. The molecule has 0 saturated carbocycles. The molecule has 116 valence electrons. The Bertz CT molecular complexity index is 728.